The molecule has 1 unspecified atom stereocenters. The summed E-state index contributed by atoms with van der Waals surface area (Å²) in [6.07, 6.45) is 3.59. The Balaban J connectivity index is 2.68. The van der Waals surface area contributed by atoms with Gasteiger partial charge in [-0.2, -0.15) is 0 Å². The molecule has 0 aliphatic carbocycles. The van der Waals surface area contributed by atoms with Crippen LogP contribution in [0.4, 0.5) is 0 Å². The van der Waals surface area contributed by atoms with Gasteiger partial charge in [-0.3, -0.25) is 4.99 Å². The Bertz CT molecular complexity index is 574. The summed E-state index contributed by atoms with van der Waals surface area (Å²) in [7, 11) is 6.63. The molecular weight excluding hydrogens is 330 g/mol. The Morgan fingerprint density at radius 3 is 2.23 bits per heavy atom. The van der Waals surface area contributed by atoms with Gasteiger partial charge in [0.05, 0.1) is 21.3 Å². The first-order chi connectivity index (χ1) is 12.5. The third-order valence-corrected chi connectivity index (χ3v) is 4.26. The smallest absolute Gasteiger partial charge is 0.203 e. The Hall–Kier alpha value is -2.11. The van der Waals surface area contributed by atoms with Crippen molar-refractivity contribution in [3.8, 4) is 17.2 Å². The molecular formula is C20H35N3O3. The Labute approximate surface area is 158 Å². The van der Waals surface area contributed by atoms with Crippen molar-refractivity contribution in [3.63, 3.8) is 0 Å². The van der Waals surface area contributed by atoms with E-state index in [2.05, 4.69) is 36.4 Å². The van der Waals surface area contributed by atoms with E-state index in [1.807, 2.05) is 12.1 Å². The molecule has 1 rings (SSSR count). The van der Waals surface area contributed by atoms with E-state index in [9.17, 15) is 0 Å². The van der Waals surface area contributed by atoms with E-state index in [4.69, 9.17) is 14.2 Å². The van der Waals surface area contributed by atoms with Crippen molar-refractivity contribution in [2.45, 2.75) is 52.6 Å². The molecule has 0 spiro atoms. The molecule has 6 nitrogen and oxygen atoms in total. The van der Waals surface area contributed by atoms with Crippen LogP contribution in [0.25, 0.3) is 0 Å². The average Bonchev–Trinajstić information content (AvgIpc) is 2.63. The van der Waals surface area contributed by atoms with Gasteiger partial charge >= 0.3 is 0 Å². The van der Waals surface area contributed by atoms with E-state index in [0.29, 0.717) is 29.8 Å². The van der Waals surface area contributed by atoms with Gasteiger partial charge < -0.3 is 24.8 Å². The fourth-order valence-corrected chi connectivity index (χ4v) is 2.81. The lowest BCUT2D eigenvalue weighted by atomic mass is 10.0. The van der Waals surface area contributed by atoms with Crippen LogP contribution >= 0.6 is 0 Å². The molecule has 0 saturated carbocycles. The zero-order chi connectivity index (χ0) is 19.5. The number of aliphatic imine (C=N–C) groups is 1. The molecule has 0 aliphatic heterocycles. The average molecular weight is 366 g/mol. The summed E-state index contributed by atoms with van der Waals surface area (Å²) in [5.74, 6) is 3.43. The summed E-state index contributed by atoms with van der Waals surface area (Å²) in [5, 5.41) is 6.78. The zero-order valence-corrected chi connectivity index (χ0v) is 17.3. The Kier molecular flexibility index (Phi) is 9.70. The molecule has 0 heterocycles. The van der Waals surface area contributed by atoms with Crippen LogP contribution in [-0.2, 0) is 6.54 Å². The Morgan fingerprint density at radius 2 is 1.69 bits per heavy atom. The maximum atomic E-state index is 5.53. The van der Waals surface area contributed by atoms with Crippen molar-refractivity contribution in [2.75, 3.05) is 28.4 Å². The van der Waals surface area contributed by atoms with E-state index in [1.165, 1.54) is 12.8 Å². The molecule has 0 radical (unpaired) electrons. The van der Waals surface area contributed by atoms with E-state index in [0.717, 1.165) is 23.9 Å². The van der Waals surface area contributed by atoms with Crippen LogP contribution in [0, 0.1) is 5.92 Å². The van der Waals surface area contributed by atoms with Gasteiger partial charge in [-0.25, -0.2) is 0 Å². The van der Waals surface area contributed by atoms with Gasteiger partial charge in [0.15, 0.2) is 17.5 Å². The number of ether oxygens (including phenoxy) is 3. The van der Waals surface area contributed by atoms with Gasteiger partial charge in [0.25, 0.3) is 0 Å². The van der Waals surface area contributed by atoms with Crippen molar-refractivity contribution >= 4 is 5.96 Å². The minimum atomic E-state index is 0.368. The van der Waals surface area contributed by atoms with Crippen LogP contribution < -0.4 is 24.8 Å². The molecule has 1 aromatic rings. The van der Waals surface area contributed by atoms with Crippen LogP contribution in [0.2, 0.25) is 0 Å². The van der Waals surface area contributed by atoms with Gasteiger partial charge in [0, 0.05) is 25.2 Å². The summed E-state index contributed by atoms with van der Waals surface area (Å²) < 4.78 is 16.3. The number of nitrogens with zero attached hydrogens (tertiary/aromatic N) is 1. The van der Waals surface area contributed by atoms with Gasteiger partial charge in [-0.1, -0.05) is 26.7 Å². The fourth-order valence-electron chi connectivity index (χ4n) is 2.81. The Morgan fingerprint density at radius 1 is 1.00 bits per heavy atom. The molecule has 0 amide bonds. The van der Waals surface area contributed by atoms with Gasteiger partial charge in [-0.05, 0) is 31.4 Å². The predicted molar refractivity (Wildman–Crippen MR) is 108 cm³/mol. The maximum Gasteiger partial charge on any atom is 0.203 e. The molecule has 0 saturated heterocycles. The zero-order valence-electron chi connectivity index (χ0n) is 17.3. The number of benzene rings is 1. The standard InChI is InChI=1S/C20H35N3O3/c1-14(2)9-8-10-15(3)23-20(21-4)22-13-16-11-12-17(24-5)19(26-7)18(16)25-6/h11-12,14-15H,8-10,13H2,1-7H3,(H2,21,22,23). The monoisotopic (exact) mass is 365 g/mol. The van der Waals surface area contributed by atoms with E-state index in [1.54, 1.807) is 28.4 Å². The lowest BCUT2D eigenvalue weighted by molar-refractivity contribution is 0.322. The topological polar surface area (TPSA) is 64.1 Å². The van der Waals surface area contributed by atoms with Crippen LogP contribution in [0.1, 0.15) is 45.6 Å². The highest BCUT2D eigenvalue weighted by Gasteiger charge is 2.16. The molecule has 0 fully saturated rings. The van der Waals surface area contributed by atoms with Gasteiger partial charge in [0.1, 0.15) is 0 Å². The van der Waals surface area contributed by atoms with Crippen molar-refractivity contribution < 1.29 is 14.2 Å². The predicted octanol–water partition coefficient (Wildman–Crippen LogP) is 3.59. The minimum absolute atomic E-state index is 0.368. The molecule has 1 atom stereocenters. The van der Waals surface area contributed by atoms with Crippen molar-refractivity contribution in [2.24, 2.45) is 10.9 Å². The van der Waals surface area contributed by atoms with Crippen LogP contribution in [-0.4, -0.2) is 40.4 Å². The van der Waals surface area contributed by atoms with Crippen molar-refractivity contribution in [1.82, 2.24) is 10.6 Å². The highest BCUT2D eigenvalue weighted by atomic mass is 16.5. The number of methoxy groups -OCH3 is 3. The second-order valence-corrected chi connectivity index (χ2v) is 6.79. The first kappa shape index (κ1) is 21.9. The van der Waals surface area contributed by atoms with Gasteiger partial charge in [0.2, 0.25) is 5.75 Å². The second kappa shape index (κ2) is 11.5. The fraction of sp³-hybridized carbons (Fsp3) is 0.650. The van der Waals surface area contributed by atoms with E-state index < -0.39 is 0 Å². The summed E-state index contributed by atoms with van der Waals surface area (Å²) in [6, 6.07) is 4.21. The van der Waals surface area contributed by atoms with Crippen molar-refractivity contribution in [3.05, 3.63) is 17.7 Å². The van der Waals surface area contributed by atoms with Gasteiger partial charge in [-0.15, -0.1) is 0 Å². The SMILES string of the molecule is CN=C(NCc1ccc(OC)c(OC)c1OC)NC(C)CCCC(C)C. The largest absolute Gasteiger partial charge is 0.493 e. The highest BCUT2D eigenvalue weighted by Crippen LogP contribution is 2.39. The maximum absolute atomic E-state index is 5.53. The van der Waals surface area contributed by atoms with E-state index >= 15 is 0 Å². The number of guanidine groups is 1. The third kappa shape index (κ3) is 6.65. The summed E-state index contributed by atoms with van der Waals surface area (Å²) in [4.78, 5) is 4.32. The number of nitrogens with one attached hydrogen (secondary N) is 2. The molecule has 1 aromatic carbocycles. The first-order valence-corrected chi connectivity index (χ1v) is 9.21. The number of hydrogen-bond acceptors (Lipinski definition) is 4. The molecule has 0 aromatic heterocycles. The lowest BCUT2D eigenvalue weighted by Crippen LogP contribution is -2.41. The summed E-state index contributed by atoms with van der Waals surface area (Å²) >= 11 is 0. The van der Waals surface area contributed by atoms with Crippen molar-refractivity contribution in [1.29, 1.82) is 0 Å². The van der Waals surface area contributed by atoms with E-state index in [-0.39, 0.29) is 0 Å². The number of hydrogen-bond donors (Lipinski definition) is 2. The molecule has 0 bridgehead atoms. The molecule has 2 N–H and O–H groups in total. The molecule has 0 aliphatic rings. The summed E-state index contributed by atoms with van der Waals surface area (Å²) in [5.41, 5.74) is 0.973. The molecule has 26 heavy (non-hydrogen) atoms. The lowest BCUT2D eigenvalue weighted by Gasteiger charge is -2.20. The molecule has 148 valence electrons. The van der Waals surface area contributed by atoms with Crippen LogP contribution in [0.5, 0.6) is 17.2 Å². The van der Waals surface area contributed by atoms with Crippen LogP contribution in [0.3, 0.4) is 0 Å². The quantitative estimate of drug-likeness (QED) is 0.490. The minimum Gasteiger partial charge on any atom is -0.493 e. The number of rotatable bonds is 10. The normalized spacial score (nSPS) is 12.7. The summed E-state index contributed by atoms with van der Waals surface area (Å²) in [6.45, 7) is 7.27. The molecule has 6 heteroatoms. The third-order valence-electron chi connectivity index (χ3n) is 4.26. The first-order valence-electron chi connectivity index (χ1n) is 9.21. The van der Waals surface area contributed by atoms with Crippen LogP contribution in [0.15, 0.2) is 17.1 Å². The highest BCUT2D eigenvalue weighted by molar-refractivity contribution is 5.80. The second-order valence-electron chi connectivity index (χ2n) is 6.79.